The highest BCUT2D eigenvalue weighted by molar-refractivity contribution is 9.10. The lowest BCUT2D eigenvalue weighted by molar-refractivity contribution is -0.115. The van der Waals surface area contributed by atoms with Gasteiger partial charge in [0.25, 0.3) is 0 Å². The van der Waals surface area contributed by atoms with Crippen LogP contribution in [0.3, 0.4) is 0 Å². The normalized spacial score (nSPS) is 14.3. The highest BCUT2D eigenvalue weighted by Crippen LogP contribution is 2.15. The fraction of sp³-hybridized carbons (Fsp3) is 0.231. The van der Waals surface area contributed by atoms with Crippen LogP contribution >= 0.6 is 15.9 Å². The molecule has 0 radical (unpaired) electrons. The van der Waals surface area contributed by atoms with Crippen molar-refractivity contribution in [1.29, 1.82) is 0 Å². The molecule has 3 nitrogen and oxygen atoms in total. The summed E-state index contributed by atoms with van der Waals surface area (Å²) in [5.41, 5.74) is 1.07. The summed E-state index contributed by atoms with van der Waals surface area (Å²) in [6.45, 7) is 0. The summed E-state index contributed by atoms with van der Waals surface area (Å²) >= 11 is 3.30. The van der Waals surface area contributed by atoms with Gasteiger partial charge in [-0.1, -0.05) is 18.2 Å². The minimum atomic E-state index is -0.0300. The van der Waals surface area contributed by atoms with E-state index in [1.165, 1.54) is 0 Å². The summed E-state index contributed by atoms with van der Waals surface area (Å²) in [7, 11) is 0. The fourth-order valence-corrected chi connectivity index (χ4v) is 1.86. The average Bonchev–Trinajstić information content (AvgIpc) is 2.33. The molecule has 1 aromatic rings. The molecule has 0 spiro atoms. The number of rotatable bonds is 3. The molecule has 4 heteroatoms. The van der Waals surface area contributed by atoms with E-state index in [2.05, 4.69) is 38.4 Å². The predicted molar refractivity (Wildman–Crippen MR) is 71.6 cm³/mol. The molecular formula is C13H13BrN2O. The lowest BCUT2D eigenvalue weighted by Crippen LogP contribution is -2.13. The first-order valence-electron chi connectivity index (χ1n) is 5.51. The van der Waals surface area contributed by atoms with Gasteiger partial charge in [0.1, 0.15) is 5.82 Å². The Bertz CT molecular complexity index is 463. The number of nitrogens with zero attached hydrogens (tertiary/aromatic N) is 1. The number of carbonyl (C=O) groups is 1. The summed E-state index contributed by atoms with van der Waals surface area (Å²) in [5.74, 6) is 0.552. The SMILES string of the molecule is O=C(CC1=CCCC=C1)Nc1ccc(Br)cn1. The molecule has 0 atom stereocenters. The maximum Gasteiger partial charge on any atom is 0.229 e. The number of carbonyl (C=O) groups excluding carboxylic acids is 1. The van der Waals surface area contributed by atoms with Crippen LogP contribution in [0.5, 0.6) is 0 Å². The van der Waals surface area contributed by atoms with Crippen molar-refractivity contribution in [2.24, 2.45) is 0 Å². The van der Waals surface area contributed by atoms with Crippen LogP contribution in [0.1, 0.15) is 19.3 Å². The zero-order chi connectivity index (χ0) is 12.1. The van der Waals surface area contributed by atoms with E-state index in [0.717, 1.165) is 22.9 Å². The number of amides is 1. The first-order chi connectivity index (χ1) is 8.24. The standard InChI is InChI=1S/C13H13BrN2O/c14-11-6-7-12(15-9-11)16-13(17)8-10-4-2-1-3-5-10/h2,4-7,9H,1,3,8H2,(H,15,16,17). The van der Waals surface area contributed by atoms with Gasteiger partial charge >= 0.3 is 0 Å². The molecule has 1 heterocycles. The molecule has 2 rings (SSSR count). The predicted octanol–water partition coefficient (Wildman–Crippen LogP) is 3.45. The Balaban J connectivity index is 1.91. The minimum absolute atomic E-state index is 0.0300. The van der Waals surface area contributed by atoms with Gasteiger partial charge in [-0.05, 0) is 46.5 Å². The molecule has 1 aliphatic rings. The van der Waals surface area contributed by atoms with Crippen molar-refractivity contribution in [2.75, 3.05) is 5.32 Å². The van der Waals surface area contributed by atoms with E-state index in [9.17, 15) is 4.79 Å². The van der Waals surface area contributed by atoms with E-state index in [1.54, 1.807) is 12.3 Å². The van der Waals surface area contributed by atoms with Gasteiger partial charge in [0.15, 0.2) is 0 Å². The molecule has 0 aromatic carbocycles. The molecule has 1 amide bonds. The van der Waals surface area contributed by atoms with Crippen molar-refractivity contribution in [3.8, 4) is 0 Å². The Hall–Kier alpha value is -1.42. The summed E-state index contributed by atoms with van der Waals surface area (Å²) in [6, 6.07) is 3.62. The van der Waals surface area contributed by atoms with Crippen LogP contribution in [0, 0.1) is 0 Å². The average molecular weight is 293 g/mol. The number of aromatic nitrogens is 1. The number of anilines is 1. The van der Waals surface area contributed by atoms with Gasteiger partial charge in [-0.25, -0.2) is 4.98 Å². The van der Waals surface area contributed by atoms with Crippen molar-refractivity contribution < 1.29 is 4.79 Å². The third kappa shape index (κ3) is 3.82. The zero-order valence-corrected chi connectivity index (χ0v) is 10.9. The molecule has 1 N–H and O–H groups in total. The van der Waals surface area contributed by atoms with Crippen LogP contribution in [0.4, 0.5) is 5.82 Å². The molecule has 0 aliphatic heterocycles. The maximum absolute atomic E-state index is 11.7. The van der Waals surface area contributed by atoms with Gasteiger partial charge in [0.05, 0.1) is 6.42 Å². The zero-order valence-electron chi connectivity index (χ0n) is 9.32. The monoisotopic (exact) mass is 292 g/mol. The lowest BCUT2D eigenvalue weighted by atomic mass is 10.0. The van der Waals surface area contributed by atoms with Crippen LogP contribution in [0.2, 0.25) is 0 Å². The van der Waals surface area contributed by atoms with Crippen molar-refractivity contribution in [3.05, 3.63) is 46.6 Å². The summed E-state index contributed by atoms with van der Waals surface area (Å²) in [5, 5.41) is 2.77. The molecule has 0 saturated carbocycles. The van der Waals surface area contributed by atoms with E-state index >= 15 is 0 Å². The minimum Gasteiger partial charge on any atom is -0.310 e. The van der Waals surface area contributed by atoms with Crippen LogP contribution in [-0.4, -0.2) is 10.9 Å². The van der Waals surface area contributed by atoms with E-state index < -0.39 is 0 Å². The Morgan fingerprint density at radius 2 is 2.29 bits per heavy atom. The molecule has 17 heavy (non-hydrogen) atoms. The highest BCUT2D eigenvalue weighted by Gasteiger charge is 2.06. The van der Waals surface area contributed by atoms with E-state index in [1.807, 2.05) is 12.1 Å². The molecule has 0 fully saturated rings. The number of nitrogens with one attached hydrogen (secondary N) is 1. The summed E-state index contributed by atoms with van der Waals surface area (Å²) < 4.78 is 0.897. The molecule has 0 unspecified atom stereocenters. The topological polar surface area (TPSA) is 42.0 Å². The summed E-state index contributed by atoms with van der Waals surface area (Å²) in [6.07, 6.45) is 10.4. The van der Waals surface area contributed by atoms with Crippen molar-refractivity contribution in [2.45, 2.75) is 19.3 Å². The van der Waals surface area contributed by atoms with Gasteiger partial charge in [-0.2, -0.15) is 0 Å². The smallest absolute Gasteiger partial charge is 0.229 e. The largest absolute Gasteiger partial charge is 0.310 e. The first-order valence-corrected chi connectivity index (χ1v) is 6.30. The van der Waals surface area contributed by atoms with E-state index in [4.69, 9.17) is 0 Å². The fourth-order valence-electron chi connectivity index (χ4n) is 1.62. The Morgan fingerprint density at radius 1 is 1.41 bits per heavy atom. The molecule has 1 aliphatic carbocycles. The maximum atomic E-state index is 11.7. The second kappa shape index (κ2) is 5.77. The van der Waals surface area contributed by atoms with E-state index in [-0.39, 0.29) is 5.91 Å². The second-order valence-electron chi connectivity index (χ2n) is 3.85. The van der Waals surface area contributed by atoms with Crippen LogP contribution in [-0.2, 0) is 4.79 Å². The lowest BCUT2D eigenvalue weighted by Gasteiger charge is -2.07. The third-order valence-electron chi connectivity index (χ3n) is 2.43. The van der Waals surface area contributed by atoms with Gasteiger partial charge < -0.3 is 5.32 Å². The molecule has 0 saturated heterocycles. The van der Waals surface area contributed by atoms with Crippen molar-refractivity contribution in [1.82, 2.24) is 4.98 Å². The van der Waals surface area contributed by atoms with Crippen molar-refractivity contribution in [3.63, 3.8) is 0 Å². The van der Waals surface area contributed by atoms with E-state index in [0.29, 0.717) is 12.2 Å². The van der Waals surface area contributed by atoms with Crippen LogP contribution in [0.15, 0.2) is 46.6 Å². The van der Waals surface area contributed by atoms with Gasteiger partial charge in [0, 0.05) is 10.7 Å². The Kier molecular flexibility index (Phi) is 4.09. The van der Waals surface area contributed by atoms with Gasteiger partial charge in [-0.15, -0.1) is 0 Å². The first kappa shape index (κ1) is 12.0. The number of hydrogen-bond donors (Lipinski definition) is 1. The van der Waals surface area contributed by atoms with Crippen LogP contribution in [0.25, 0.3) is 0 Å². The number of hydrogen-bond acceptors (Lipinski definition) is 2. The summed E-state index contributed by atoms with van der Waals surface area (Å²) in [4.78, 5) is 15.8. The van der Waals surface area contributed by atoms with Crippen LogP contribution < -0.4 is 5.32 Å². The molecular weight excluding hydrogens is 280 g/mol. The number of allylic oxidation sites excluding steroid dienone is 3. The number of pyridine rings is 1. The van der Waals surface area contributed by atoms with Gasteiger partial charge in [-0.3, -0.25) is 4.79 Å². The molecule has 1 aromatic heterocycles. The Labute approximate surface area is 109 Å². The molecule has 0 bridgehead atoms. The van der Waals surface area contributed by atoms with Gasteiger partial charge in [0.2, 0.25) is 5.91 Å². The highest BCUT2D eigenvalue weighted by atomic mass is 79.9. The quantitative estimate of drug-likeness (QED) is 0.927. The number of halogens is 1. The van der Waals surface area contributed by atoms with Crippen molar-refractivity contribution >= 4 is 27.7 Å². The third-order valence-corrected chi connectivity index (χ3v) is 2.90. The second-order valence-corrected chi connectivity index (χ2v) is 4.76. The molecule has 88 valence electrons. The Morgan fingerprint density at radius 3 is 2.94 bits per heavy atom.